The number of aliphatic hydroxyl groups excluding tert-OH is 2. The summed E-state index contributed by atoms with van der Waals surface area (Å²) in [6.45, 7) is 4.60. The second-order valence-electron chi connectivity index (χ2n) is 5.32. The van der Waals surface area contributed by atoms with Crippen LogP contribution in [0.15, 0.2) is 30.3 Å². The molecule has 0 radical (unpaired) electrons. The number of ether oxygens (including phenoxy) is 2. The van der Waals surface area contributed by atoms with Crippen molar-refractivity contribution in [3.8, 4) is 0 Å². The molecular weight excluding hydrogens is 256 g/mol. The fraction of sp³-hybridized carbons (Fsp3) is 0.625. The molecule has 0 aliphatic heterocycles. The van der Waals surface area contributed by atoms with E-state index in [0.29, 0.717) is 13.0 Å². The van der Waals surface area contributed by atoms with Gasteiger partial charge in [0.25, 0.3) is 0 Å². The van der Waals surface area contributed by atoms with Crippen LogP contribution in [0.25, 0.3) is 0 Å². The van der Waals surface area contributed by atoms with Gasteiger partial charge < -0.3 is 19.7 Å². The van der Waals surface area contributed by atoms with Crippen LogP contribution in [-0.4, -0.2) is 42.7 Å². The monoisotopic (exact) mass is 282 g/mol. The second kappa shape index (κ2) is 9.08. The molecule has 1 aromatic carbocycles. The van der Waals surface area contributed by atoms with Crippen LogP contribution in [0.1, 0.15) is 31.9 Å². The highest BCUT2D eigenvalue weighted by Gasteiger charge is 2.20. The zero-order chi connectivity index (χ0) is 15.0. The Labute approximate surface area is 121 Å². The Morgan fingerprint density at radius 1 is 1.05 bits per heavy atom. The molecule has 4 unspecified atom stereocenters. The van der Waals surface area contributed by atoms with Crippen LogP contribution in [0, 0.1) is 5.92 Å². The summed E-state index contributed by atoms with van der Waals surface area (Å²) in [6, 6.07) is 9.50. The summed E-state index contributed by atoms with van der Waals surface area (Å²) in [4.78, 5) is 0. The topological polar surface area (TPSA) is 58.9 Å². The summed E-state index contributed by atoms with van der Waals surface area (Å²) < 4.78 is 10.4. The average Bonchev–Trinajstić information content (AvgIpc) is 2.45. The second-order valence-corrected chi connectivity index (χ2v) is 5.32. The van der Waals surface area contributed by atoms with Crippen LogP contribution >= 0.6 is 0 Å². The molecule has 20 heavy (non-hydrogen) atoms. The van der Waals surface area contributed by atoms with Crippen molar-refractivity contribution in [1.29, 1.82) is 0 Å². The molecule has 4 nitrogen and oxygen atoms in total. The van der Waals surface area contributed by atoms with E-state index in [0.717, 1.165) is 5.56 Å². The van der Waals surface area contributed by atoms with E-state index in [-0.39, 0.29) is 18.6 Å². The zero-order valence-electron chi connectivity index (χ0n) is 12.5. The quantitative estimate of drug-likeness (QED) is 0.728. The maximum absolute atomic E-state index is 10.2. The highest BCUT2D eigenvalue weighted by Crippen LogP contribution is 2.25. The molecule has 4 atom stereocenters. The molecule has 0 aliphatic carbocycles. The normalized spacial score (nSPS) is 17.4. The molecule has 2 N–H and O–H groups in total. The van der Waals surface area contributed by atoms with Gasteiger partial charge in [0.15, 0.2) is 0 Å². The van der Waals surface area contributed by atoms with Crippen LogP contribution in [-0.2, 0) is 9.47 Å². The van der Waals surface area contributed by atoms with E-state index >= 15 is 0 Å². The Balaban J connectivity index is 2.35. The van der Waals surface area contributed by atoms with Crippen molar-refractivity contribution in [2.75, 3.05) is 20.3 Å². The van der Waals surface area contributed by atoms with Crippen molar-refractivity contribution >= 4 is 0 Å². The average molecular weight is 282 g/mol. The van der Waals surface area contributed by atoms with E-state index in [9.17, 15) is 10.2 Å². The lowest BCUT2D eigenvalue weighted by Crippen LogP contribution is -2.25. The number of hydrogen-bond donors (Lipinski definition) is 2. The Kier molecular flexibility index (Phi) is 7.77. The van der Waals surface area contributed by atoms with Gasteiger partial charge in [-0.1, -0.05) is 37.3 Å². The van der Waals surface area contributed by atoms with Crippen molar-refractivity contribution in [2.24, 2.45) is 5.92 Å². The lowest BCUT2D eigenvalue weighted by atomic mass is 9.92. The first kappa shape index (κ1) is 17.1. The fourth-order valence-electron chi connectivity index (χ4n) is 2.16. The van der Waals surface area contributed by atoms with Gasteiger partial charge >= 0.3 is 0 Å². The van der Waals surface area contributed by atoms with Gasteiger partial charge in [-0.15, -0.1) is 0 Å². The molecule has 0 aliphatic rings. The minimum Gasteiger partial charge on any atom is -0.391 e. The maximum atomic E-state index is 10.2. The third kappa shape index (κ3) is 6.01. The molecule has 0 aromatic heterocycles. The molecule has 0 bridgehead atoms. The van der Waals surface area contributed by atoms with E-state index < -0.39 is 12.2 Å². The molecule has 4 heteroatoms. The minimum atomic E-state index is -0.581. The number of benzene rings is 1. The Morgan fingerprint density at radius 3 is 2.30 bits per heavy atom. The first-order valence-electron chi connectivity index (χ1n) is 7.06. The van der Waals surface area contributed by atoms with Crippen LogP contribution < -0.4 is 0 Å². The summed E-state index contributed by atoms with van der Waals surface area (Å²) in [7, 11) is 1.62. The predicted molar refractivity (Wildman–Crippen MR) is 78.5 cm³/mol. The predicted octanol–water partition coefficient (Wildman–Crippen LogP) is 2.16. The molecule has 1 rings (SSSR count). The lowest BCUT2D eigenvalue weighted by molar-refractivity contribution is -0.0424. The minimum absolute atomic E-state index is 0.0336. The molecule has 0 heterocycles. The summed E-state index contributed by atoms with van der Waals surface area (Å²) in [5.74, 6) is -0.0336. The first-order chi connectivity index (χ1) is 9.54. The Hall–Kier alpha value is -0.940. The molecule has 0 saturated carbocycles. The van der Waals surface area contributed by atoms with Gasteiger partial charge in [0.2, 0.25) is 0 Å². The molecule has 0 fully saturated rings. The van der Waals surface area contributed by atoms with Gasteiger partial charge in [0, 0.05) is 7.11 Å². The summed E-state index contributed by atoms with van der Waals surface area (Å²) in [5.41, 5.74) is 0.876. The van der Waals surface area contributed by atoms with Crippen molar-refractivity contribution < 1.29 is 19.7 Å². The van der Waals surface area contributed by atoms with Crippen molar-refractivity contribution in [3.05, 3.63) is 35.9 Å². The third-order valence-electron chi connectivity index (χ3n) is 3.30. The summed E-state index contributed by atoms with van der Waals surface area (Å²) >= 11 is 0. The van der Waals surface area contributed by atoms with E-state index in [1.165, 1.54) is 0 Å². The molecule has 0 amide bonds. The van der Waals surface area contributed by atoms with E-state index in [4.69, 9.17) is 9.47 Å². The molecule has 114 valence electrons. The smallest absolute Gasteiger partial charge is 0.0816 e. The molecule has 1 aromatic rings. The lowest BCUT2D eigenvalue weighted by Gasteiger charge is -2.23. The number of rotatable bonds is 9. The maximum Gasteiger partial charge on any atom is 0.0816 e. The van der Waals surface area contributed by atoms with Crippen molar-refractivity contribution in [2.45, 2.75) is 38.6 Å². The summed E-state index contributed by atoms with van der Waals surface area (Å²) in [5, 5.41) is 20.2. The van der Waals surface area contributed by atoms with E-state index in [1.807, 2.05) is 44.2 Å². The standard InChI is InChI=1S/C16H26O4/c1-12(16(18)14-7-5-4-6-8-14)9-15(17)11-20-13(2)10-19-3/h4-8,12-13,15-18H,9-11H2,1-3H3. The third-order valence-corrected chi connectivity index (χ3v) is 3.30. The fourth-order valence-corrected chi connectivity index (χ4v) is 2.16. The van der Waals surface area contributed by atoms with E-state index in [2.05, 4.69) is 0 Å². The largest absolute Gasteiger partial charge is 0.391 e. The first-order valence-corrected chi connectivity index (χ1v) is 7.06. The zero-order valence-corrected chi connectivity index (χ0v) is 12.5. The van der Waals surface area contributed by atoms with Crippen LogP contribution in [0.4, 0.5) is 0 Å². The highest BCUT2D eigenvalue weighted by molar-refractivity contribution is 5.17. The van der Waals surface area contributed by atoms with Gasteiger partial charge in [-0.2, -0.15) is 0 Å². The molecular formula is C16H26O4. The van der Waals surface area contributed by atoms with Gasteiger partial charge in [-0.05, 0) is 24.8 Å². The molecule has 0 spiro atoms. The highest BCUT2D eigenvalue weighted by atomic mass is 16.5. The molecule has 0 saturated heterocycles. The van der Waals surface area contributed by atoms with Gasteiger partial charge in [0.1, 0.15) is 0 Å². The van der Waals surface area contributed by atoms with Crippen molar-refractivity contribution in [3.63, 3.8) is 0 Å². The van der Waals surface area contributed by atoms with Crippen LogP contribution in [0.3, 0.4) is 0 Å². The Bertz CT molecular complexity index is 355. The Morgan fingerprint density at radius 2 is 1.70 bits per heavy atom. The van der Waals surface area contributed by atoms with Crippen molar-refractivity contribution in [1.82, 2.24) is 0 Å². The SMILES string of the molecule is COCC(C)OCC(O)CC(C)C(O)c1ccccc1. The number of aliphatic hydroxyl groups is 2. The van der Waals surface area contributed by atoms with E-state index in [1.54, 1.807) is 7.11 Å². The van der Waals surface area contributed by atoms with Gasteiger partial charge in [-0.3, -0.25) is 0 Å². The van der Waals surface area contributed by atoms with Crippen LogP contribution in [0.2, 0.25) is 0 Å². The van der Waals surface area contributed by atoms with Gasteiger partial charge in [0.05, 0.1) is 31.5 Å². The number of hydrogen-bond acceptors (Lipinski definition) is 4. The summed E-state index contributed by atoms with van der Waals surface area (Å²) in [6.07, 6.45) is -0.690. The van der Waals surface area contributed by atoms with Gasteiger partial charge in [-0.25, -0.2) is 0 Å². The number of methoxy groups -OCH3 is 1. The van der Waals surface area contributed by atoms with Crippen LogP contribution in [0.5, 0.6) is 0 Å².